The molecule has 0 atom stereocenters. The molecule has 4 rings (SSSR count). The number of aromatic nitrogens is 3. The summed E-state index contributed by atoms with van der Waals surface area (Å²) in [6, 6.07) is 14.7. The highest BCUT2D eigenvalue weighted by Gasteiger charge is 2.28. The molecule has 0 radical (unpaired) electrons. The number of hydrogen-bond donors (Lipinski definition) is 1. The normalized spacial score (nSPS) is 11.2. The van der Waals surface area contributed by atoms with Gasteiger partial charge in [0.05, 0.1) is 17.6 Å². The number of hydrogen-bond acceptors (Lipinski definition) is 5. The van der Waals surface area contributed by atoms with Crippen molar-refractivity contribution < 1.29 is 14.3 Å². The van der Waals surface area contributed by atoms with Gasteiger partial charge < -0.3 is 14.6 Å². The molecule has 8 heteroatoms. The minimum atomic E-state index is -0.504. The van der Waals surface area contributed by atoms with E-state index in [9.17, 15) is 9.59 Å². The lowest BCUT2D eigenvalue weighted by molar-refractivity contribution is 0.0501. The molecule has 0 aliphatic rings. The number of ether oxygens (including phenoxy) is 1. The molecule has 2 aromatic carbocycles. The summed E-state index contributed by atoms with van der Waals surface area (Å²) in [5, 5.41) is 2.98. The first-order valence-electron chi connectivity index (χ1n) is 12.1. The van der Waals surface area contributed by atoms with Crippen molar-refractivity contribution in [2.75, 3.05) is 11.9 Å². The van der Waals surface area contributed by atoms with Crippen LogP contribution in [0.5, 0.6) is 0 Å². The second kappa shape index (κ2) is 11.4. The number of anilines is 1. The lowest BCUT2D eigenvalue weighted by Gasteiger charge is -2.13. The standard InChI is InChI=1S/C27H29BrN4O3/c1-3-5-9-16-35-27(34)22-23-25(30-21-14-8-7-13-20(21)29-23)32(15-6-4-2)24(22)31-26(33)18-11-10-12-19(28)17-18/h7-8,10-14,17H,3-6,9,15-16H2,1-2H3,(H,31,33). The Kier molecular flexibility index (Phi) is 8.13. The Hall–Kier alpha value is -3.26. The smallest absolute Gasteiger partial charge is 0.344 e. The van der Waals surface area contributed by atoms with Crippen LogP contribution in [-0.4, -0.2) is 33.0 Å². The van der Waals surface area contributed by atoms with Crippen molar-refractivity contribution >= 4 is 55.8 Å². The average Bonchev–Trinajstić information content (AvgIpc) is 3.15. The highest BCUT2D eigenvalue weighted by molar-refractivity contribution is 9.10. The third-order valence-corrected chi connectivity index (χ3v) is 6.28. The number of carbonyl (C=O) groups excluding carboxylic acids is 2. The highest BCUT2D eigenvalue weighted by atomic mass is 79.9. The molecule has 2 aromatic heterocycles. The van der Waals surface area contributed by atoms with Crippen LogP contribution < -0.4 is 5.32 Å². The first-order valence-corrected chi connectivity index (χ1v) is 12.9. The second-order valence-electron chi connectivity index (χ2n) is 8.42. The van der Waals surface area contributed by atoms with Crippen LogP contribution in [0.1, 0.15) is 66.7 Å². The van der Waals surface area contributed by atoms with Crippen LogP contribution in [0.25, 0.3) is 22.2 Å². The quantitative estimate of drug-likeness (QED) is 0.179. The minimum Gasteiger partial charge on any atom is -0.462 e. The molecule has 35 heavy (non-hydrogen) atoms. The molecule has 0 bridgehead atoms. The van der Waals surface area contributed by atoms with Gasteiger partial charge in [0, 0.05) is 16.6 Å². The van der Waals surface area contributed by atoms with Crippen molar-refractivity contribution in [1.82, 2.24) is 14.5 Å². The Morgan fingerprint density at radius 2 is 1.71 bits per heavy atom. The Morgan fingerprint density at radius 1 is 0.971 bits per heavy atom. The van der Waals surface area contributed by atoms with E-state index in [-0.39, 0.29) is 11.5 Å². The van der Waals surface area contributed by atoms with Crippen LogP contribution in [0, 0.1) is 0 Å². The zero-order valence-corrected chi connectivity index (χ0v) is 21.6. The molecule has 0 spiro atoms. The minimum absolute atomic E-state index is 0.245. The van der Waals surface area contributed by atoms with Gasteiger partial charge in [0.15, 0.2) is 5.65 Å². The van der Waals surface area contributed by atoms with Gasteiger partial charge in [-0.1, -0.05) is 67.2 Å². The van der Waals surface area contributed by atoms with Crippen molar-refractivity contribution in [3.05, 3.63) is 64.1 Å². The third kappa shape index (κ3) is 5.53. The number of rotatable bonds is 10. The molecule has 0 saturated carbocycles. The van der Waals surface area contributed by atoms with Crippen LogP contribution in [-0.2, 0) is 11.3 Å². The molecule has 2 heterocycles. The number of halogens is 1. The Labute approximate surface area is 213 Å². The maximum atomic E-state index is 13.4. The summed E-state index contributed by atoms with van der Waals surface area (Å²) in [4.78, 5) is 36.2. The van der Waals surface area contributed by atoms with E-state index >= 15 is 0 Å². The topological polar surface area (TPSA) is 86.1 Å². The molecule has 0 aliphatic carbocycles. The van der Waals surface area contributed by atoms with E-state index in [1.54, 1.807) is 18.2 Å². The van der Waals surface area contributed by atoms with Crippen LogP contribution in [0.3, 0.4) is 0 Å². The molecule has 1 N–H and O–H groups in total. The predicted molar refractivity (Wildman–Crippen MR) is 142 cm³/mol. The fourth-order valence-electron chi connectivity index (χ4n) is 3.96. The zero-order chi connectivity index (χ0) is 24.8. The number of carbonyl (C=O) groups is 2. The molecule has 182 valence electrons. The molecular weight excluding hydrogens is 508 g/mol. The first-order chi connectivity index (χ1) is 17.0. The Morgan fingerprint density at radius 3 is 2.43 bits per heavy atom. The summed E-state index contributed by atoms with van der Waals surface area (Å²) in [6.45, 7) is 5.08. The van der Waals surface area contributed by atoms with E-state index in [1.165, 1.54) is 0 Å². The number of nitrogens with zero attached hydrogens (tertiary/aromatic N) is 3. The highest BCUT2D eigenvalue weighted by Crippen LogP contribution is 2.32. The van der Waals surface area contributed by atoms with Crippen molar-refractivity contribution in [3.63, 3.8) is 0 Å². The van der Waals surface area contributed by atoms with Gasteiger partial charge in [-0.3, -0.25) is 4.79 Å². The predicted octanol–water partition coefficient (Wildman–Crippen LogP) is 6.75. The van der Waals surface area contributed by atoms with Gasteiger partial charge in [0.1, 0.15) is 16.9 Å². The van der Waals surface area contributed by atoms with Gasteiger partial charge >= 0.3 is 5.97 Å². The largest absolute Gasteiger partial charge is 0.462 e. The molecule has 0 saturated heterocycles. The number of para-hydroxylation sites is 2. The number of esters is 1. The van der Waals surface area contributed by atoms with E-state index in [0.717, 1.165) is 42.1 Å². The van der Waals surface area contributed by atoms with Gasteiger partial charge in [0.2, 0.25) is 0 Å². The number of unbranched alkanes of at least 4 members (excludes halogenated alkanes) is 3. The molecule has 7 nitrogen and oxygen atoms in total. The van der Waals surface area contributed by atoms with Crippen molar-refractivity contribution in [2.45, 2.75) is 52.5 Å². The number of nitrogens with one attached hydrogen (secondary N) is 1. The SMILES string of the molecule is CCCCCOC(=O)c1c(NC(=O)c2cccc(Br)c2)n(CCCC)c2nc3ccccc3nc12. The fourth-order valence-corrected chi connectivity index (χ4v) is 4.35. The monoisotopic (exact) mass is 536 g/mol. The van der Waals surface area contributed by atoms with E-state index in [1.807, 2.05) is 34.9 Å². The maximum absolute atomic E-state index is 13.4. The molecule has 0 aliphatic heterocycles. The lowest BCUT2D eigenvalue weighted by Crippen LogP contribution is -2.18. The maximum Gasteiger partial charge on any atom is 0.344 e. The lowest BCUT2D eigenvalue weighted by atomic mass is 10.2. The summed E-state index contributed by atoms with van der Waals surface area (Å²) < 4.78 is 8.32. The average molecular weight is 537 g/mol. The van der Waals surface area contributed by atoms with E-state index in [4.69, 9.17) is 14.7 Å². The summed E-state index contributed by atoms with van der Waals surface area (Å²) in [6.07, 6.45) is 4.58. The van der Waals surface area contributed by atoms with Crippen LogP contribution in [0.2, 0.25) is 0 Å². The molecular formula is C27H29BrN4O3. The summed E-state index contributed by atoms with van der Waals surface area (Å²) in [5.74, 6) is -0.457. The van der Waals surface area contributed by atoms with Crippen molar-refractivity contribution in [3.8, 4) is 0 Å². The van der Waals surface area contributed by atoms with Crippen LogP contribution in [0.4, 0.5) is 5.82 Å². The van der Waals surface area contributed by atoms with Gasteiger partial charge in [0.25, 0.3) is 5.91 Å². The van der Waals surface area contributed by atoms with Crippen LogP contribution in [0.15, 0.2) is 53.0 Å². The first kappa shape index (κ1) is 24.9. The number of benzene rings is 2. The zero-order valence-electron chi connectivity index (χ0n) is 20.0. The third-order valence-electron chi connectivity index (χ3n) is 5.79. The van der Waals surface area contributed by atoms with Crippen molar-refractivity contribution in [2.24, 2.45) is 0 Å². The number of aryl methyl sites for hydroxylation is 1. The molecule has 1 amide bonds. The summed E-state index contributed by atoms with van der Waals surface area (Å²) in [5.41, 5.74) is 3.11. The molecule has 0 fully saturated rings. The Balaban J connectivity index is 1.86. The fraction of sp³-hybridized carbons (Fsp3) is 0.333. The summed E-state index contributed by atoms with van der Waals surface area (Å²) >= 11 is 3.42. The van der Waals surface area contributed by atoms with Crippen LogP contribution >= 0.6 is 15.9 Å². The second-order valence-corrected chi connectivity index (χ2v) is 9.34. The van der Waals surface area contributed by atoms with E-state index < -0.39 is 5.97 Å². The van der Waals surface area contributed by atoms with Gasteiger partial charge in [-0.25, -0.2) is 14.8 Å². The Bertz CT molecular complexity index is 1370. The van der Waals surface area contributed by atoms with Gasteiger partial charge in [-0.15, -0.1) is 0 Å². The summed E-state index contributed by atoms with van der Waals surface area (Å²) in [7, 11) is 0. The molecule has 0 unspecified atom stereocenters. The number of fused-ring (bicyclic) bond motifs is 2. The van der Waals surface area contributed by atoms with E-state index in [2.05, 4.69) is 35.1 Å². The van der Waals surface area contributed by atoms with E-state index in [0.29, 0.717) is 41.2 Å². The van der Waals surface area contributed by atoms with Crippen molar-refractivity contribution in [1.29, 1.82) is 0 Å². The van der Waals surface area contributed by atoms with Gasteiger partial charge in [-0.2, -0.15) is 0 Å². The molecule has 4 aromatic rings. The number of amides is 1. The van der Waals surface area contributed by atoms with Gasteiger partial charge in [-0.05, 0) is 43.2 Å².